The van der Waals surface area contributed by atoms with Crippen molar-refractivity contribution in [2.24, 2.45) is 4.99 Å². The summed E-state index contributed by atoms with van der Waals surface area (Å²) in [6.07, 6.45) is 2.41. The second-order valence-electron chi connectivity index (χ2n) is 6.80. The predicted molar refractivity (Wildman–Crippen MR) is 96.9 cm³/mol. The molecule has 1 aromatic carbocycles. The molecule has 2 aliphatic heterocycles. The van der Waals surface area contributed by atoms with Crippen molar-refractivity contribution in [1.82, 2.24) is 10.2 Å². The molecule has 1 aliphatic carbocycles. The van der Waals surface area contributed by atoms with E-state index in [0.29, 0.717) is 6.42 Å². The molecule has 2 unspecified atom stereocenters. The SMILES string of the molecule is CNC(=O)C1=C2CCC(c3ccccc3)OC2=C2N=C(C)N(C)C2C1. The highest BCUT2D eigenvalue weighted by Crippen LogP contribution is 2.46. The smallest absolute Gasteiger partial charge is 0.247 e. The Morgan fingerprint density at radius 1 is 1.32 bits per heavy atom. The van der Waals surface area contributed by atoms with Crippen molar-refractivity contribution < 1.29 is 9.53 Å². The molecular formula is C20H23N3O2. The first-order valence-electron chi connectivity index (χ1n) is 8.78. The van der Waals surface area contributed by atoms with E-state index in [1.807, 2.05) is 32.2 Å². The number of aliphatic imine (C=N–C) groups is 1. The van der Waals surface area contributed by atoms with Crippen LogP contribution in [-0.2, 0) is 9.53 Å². The predicted octanol–water partition coefficient (Wildman–Crippen LogP) is 2.93. The van der Waals surface area contributed by atoms with Crippen molar-refractivity contribution >= 4 is 11.7 Å². The molecule has 25 heavy (non-hydrogen) atoms. The highest BCUT2D eigenvalue weighted by atomic mass is 16.5. The lowest BCUT2D eigenvalue weighted by atomic mass is 9.84. The minimum atomic E-state index is -0.00809. The van der Waals surface area contributed by atoms with E-state index >= 15 is 0 Å². The quantitative estimate of drug-likeness (QED) is 0.903. The van der Waals surface area contributed by atoms with Gasteiger partial charge in [-0.05, 0) is 25.3 Å². The van der Waals surface area contributed by atoms with Gasteiger partial charge in [-0.1, -0.05) is 30.3 Å². The number of benzene rings is 1. The van der Waals surface area contributed by atoms with E-state index in [-0.39, 0.29) is 18.1 Å². The topological polar surface area (TPSA) is 53.9 Å². The van der Waals surface area contributed by atoms with Crippen LogP contribution in [0, 0.1) is 0 Å². The lowest BCUT2D eigenvalue weighted by Gasteiger charge is -2.36. The van der Waals surface area contributed by atoms with Gasteiger partial charge in [-0.15, -0.1) is 0 Å². The third-order valence-corrected chi connectivity index (χ3v) is 5.43. The van der Waals surface area contributed by atoms with E-state index in [9.17, 15) is 4.79 Å². The third kappa shape index (κ3) is 2.54. The number of fused-ring (bicyclic) bond motifs is 2. The molecular weight excluding hydrogens is 314 g/mol. The van der Waals surface area contributed by atoms with Gasteiger partial charge in [0, 0.05) is 31.7 Å². The number of nitrogens with zero attached hydrogens (tertiary/aromatic N) is 2. The normalized spacial score (nSPS) is 25.2. The summed E-state index contributed by atoms with van der Waals surface area (Å²) in [5.74, 6) is 1.78. The molecule has 1 aromatic rings. The molecule has 0 aromatic heterocycles. The Hall–Kier alpha value is -2.56. The highest BCUT2D eigenvalue weighted by molar-refractivity contribution is 5.96. The van der Waals surface area contributed by atoms with Crippen LogP contribution >= 0.6 is 0 Å². The lowest BCUT2D eigenvalue weighted by Crippen LogP contribution is -2.37. The number of amides is 1. The largest absolute Gasteiger partial charge is 0.483 e. The van der Waals surface area contributed by atoms with Crippen LogP contribution in [0.5, 0.6) is 0 Å². The zero-order chi connectivity index (χ0) is 17.6. The monoisotopic (exact) mass is 337 g/mol. The van der Waals surface area contributed by atoms with Gasteiger partial charge >= 0.3 is 0 Å². The van der Waals surface area contributed by atoms with Gasteiger partial charge in [-0.25, -0.2) is 4.99 Å². The molecule has 1 saturated heterocycles. The number of rotatable bonds is 2. The number of nitrogens with one attached hydrogen (secondary N) is 1. The maximum atomic E-state index is 12.4. The van der Waals surface area contributed by atoms with Crippen LogP contribution in [-0.4, -0.2) is 36.8 Å². The fourth-order valence-corrected chi connectivity index (χ4v) is 3.94. The maximum Gasteiger partial charge on any atom is 0.247 e. The van der Waals surface area contributed by atoms with Crippen molar-refractivity contribution in [2.75, 3.05) is 14.1 Å². The Morgan fingerprint density at radius 3 is 2.80 bits per heavy atom. The summed E-state index contributed by atoms with van der Waals surface area (Å²) in [7, 11) is 3.71. The fourth-order valence-electron chi connectivity index (χ4n) is 3.94. The number of allylic oxidation sites excluding steroid dienone is 1. The molecule has 1 fully saturated rings. The summed E-state index contributed by atoms with van der Waals surface area (Å²) in [6, 6.07) is 10.4. The van der Waals surface area contributed by atoms with Crippen LogP contribution in [0.2, 0.25) is 0 Å². The maximum absolute atomic E-state index is 12.4. The molecule has 130 valence electrons. The average Bonchev–Trinajstić information content (AvgIpc) is 2.95. The summed E-state index contributed by atoms with van der Waals surface area (Å²) in [6.45, 7) is 2.00. The first kappa shape index (κ1) is 15.9. The second-order valence-corrected chi connectivity index (χ2v) is 6.80. The van der Waals surface area contributed by atoms with Crippen molar-refractivity contribution in [1.29, 1.82) is 0 Å². The molecule has 0 radical (unpaired) electrons. The zero-order valence-electron chi connectivity index (χ0n) is 14.9. The van der Waals surface area contributed by atoms with E-state index in [0.717, 1.165) is 41.3 Å². The van der Waals surface area contributed by atoms with Crippen LogP contribution in [0.4, 0.5) is 0 Å². The van der Waals surface area contributed by atoms with Gasteiger partial charge in [-0.2, -0.15) is 0 Å². The van der Waals surface area contributed by atoms with Gasteiger partial charge in [0.05, 0.1) is 6.04 Å². The molecule has 0 bridgehead atoms. The van der Waals surface area contributed by atoms with Crippen molar-refractivity contribution in [3.05, 3.63) is 58.5 Å². The van der Waals surface area contributed by atoms with Crippen LogP contribution in [0.3, 0.4) is 0 Å². The van der Waals surface area contributed by atoms with Gasteiger partial charge in [0.25, 0.3) is 0 Å². The number of likely N-dealkylation sites (N-methyl/N-ethyl adjacent to an activating group) is 2. The first-order chi connectivity index (χ1) is 12.1. The van der Waals surface area contributed by atoms with E-state index in [1.54, 1.807) is 7.05 Å². The summed E-state index contributed by atoms with van der Waals surface area (Å²) in [4.78, 5) is 19.3. The molecule has 4 rings (SSSR count). The molecule has 3 aliphatic rings. The Bertz CT molecular complexity index is 807. The summed E-state index contributed by atoms with van der Waals surface area (Å²) >= 11 is 0. The van der Waals surface area contributed by atoms with Crippen LogP contribution in [0.1, 0.15) is 37.9 Å². The van der Waals surface area contributed by atoms with Crippen LogP contribution in [0.15, 0.2) is 57.9 Å². The van der Waals surface area contributed by atoms with Gasteiger partial charge in [-0.3, -0.25) is 4.79 Å². The average molecular weight is 337 g/mol. The Labute approximate surface area is 148 Å². The number of carbonyl (C=O) groups is 1. The van der Waals surface area contributed by atoms with Crippen molar-refractivity contribution in [3.63, 3.8) is 0 Å². The Morgan fingerprint density at radius 2 is 2.08 bits per heavy atom. The molecule has 0 saturated carbocycles. The molecule has 5 nitrogen and oxygen atoms in total. The van der Waals surface area contributed by atoms with Gasteiger partial charge in [0.2, 0.25) is 5.91 Å². The van der Waals surface area contributed by atoms with Crippen LogP contribution in [0.25, 0.3) is 0 Å². The van der Waals surface area contributed by atoms with Gasteiger partial charge in [0.15, 0.2) is 0 Å². The number of hydrogen-bond acceptors (Lipinski definition) is 4. The van der Waals surface area contributed by atoms with Crippen molar-refractivity contribution in [3.8, 4) is 0 Å². The van der Waals surface area contributed by atoms with E-state index in [1.165, 1.54) is 5.56 Å². The Kier molecular flexibility index (Phi) is 3.86. The van der Waals surface area contributed by atoms with Gasteiger partial charge in [0.1, 0.15) is 23.4 Å². The Balaban J connectivity index is 1.78. The number of ether oxygens (including phenoxy) is 1. The first-order valence-corrected chi connectivity index (χ1v) is 8.78. The lowest BCUT2D eigenvalue weighted by molar-refractivity contribution is -0.117. The fraction of sp³-hybridized carbons (Fsp3) is 0.400. The molecule has 2 heterocycles. The zero-order valence-corrected chi connectivity index (χ0v) is 14.9. The molecule has 1 amide bonds. The van der Waals surface area contributed by atoms with Crippen LogP contribution < -0.4 is 5.32 Å². The number of amidine groups is 1. The summed E-state index contributed by atoms with van der Waals surface area (Å²) in [5, 5.41) is 2.79. The van der Waals surface area contributed by atoms with E-state index < -0.39 is 0 Å². The summed E-state index contributed by atoms with van der Waals surface area (Å²) < 4.78 is 6.42. The molecule has 2 atom stereocenters. The number of carbonyl (C=O) groups excluding carboxylic acids is 1. The minimum absolute atomic E-state index is 0.00809. The molecule has 1 N–H and O–H groups in total. The minimum Gasteiger partial charge on any atom is -0.483 e. The third-order valence-electron chi connectivity index (χ3n) is 5.43. The molecule has 5 heteroatoms. The van der Waals surface area contributed by atoms with Gasteiger partial charge < -0.3 is 15.0 Å². The van der Waals surface area contributed by atoms with E-state index in [2.05, 4.69) is 22.3 Å². The van der Waals surface area contributed by atoms with E-state index in [4.69, 9.17) is 9.73 Å². The van der Waals surface area contributed by atoms with Crippen molar-refractivity contribution in [2.45, 2.75) is 38.3 Å². The standard InChI is InChI=1S/C20H23N3O2/c1-12-22-18-16(23(12)3)11-15(20(24)21-2)14-9-10-17(25-19(14)18)13-7-5-4-6-8-13/h4-8,16-17H,9-11H2,1-3H3,(H,21,24). The number of hydrogen-bond donors (Lipinski definition) is 1. The highest BCUT2D eigenvalue weighted by Gasteiger charge is 2.41. The summed E-state index contributed by atoms with van der Waals surface area (Å²) in [5.41, 5.74) is 4.02. The molecule has 0 spiro atoms. The second kappa shape index (κ2) is 6.06.